The minimum absolute atomic E-state index is 0.0461. The Labute approximate surface area is 165 Å². The summed E-state index contributed by atoms with van der Waals surface area (Å²) in [5.41, 5.74) is 8.60. The molecule has 6 heteroatoms. The van der Waals surface area contributed by atoms with Crippen LogP contribution in [0.15, 0.2) is 48.5 Å². The molecule has 0 spiro atoms. The number of primary amides is 1. The Balaban J connectivity index is 1.54. The molecule has 2 aromatic rings. The van der Waals surface area contributed by atoms with Crippen LogP contribution in [-0.4, -0.2) is 42.0 Å². The average Bonchev–Trinajstić information content (AvgIpc) is 2.67. The van der Waals surface area contributed by atoms with Crippen molar-refractivity contribution >= 4 is 11.8 Å². The van der Waals surface area contributed by atoms with E-state index in [4.69, 9.17) is 10.5 Å². The summed E-state index contributed by atoms with van der Waals surface area (Å²) in [5, 5.41) is 3.34. The molecule has 1 saturated heterocycles. The first-order chi connectivity index (χ1) is 13.4. The zero-order chi connectivity index (χ0) is 20.1. The maximum atomic E-state index is 12.7. The maximum Gasteiger partial charge on any atom is 0.254 e. The van der Waals surface area contributed by atoms with Gasteiger partial charge < -0.3 is 20.7 Å². The molecule has 0 aromatic heterocycles. The van der Waals surface area contributed by atoms with Crippen LogP contribution < -0.4 is 11.1 Å². The standard InChI is InChI=1S/C22H27N3O3/c1-15-13-25(14-16(2)28-15)22(27)19-8-6-17(7-9-19)11-24-12-18-4-3-5-20(10-18)21(23)26/h3-10,15-16,24H,11-14H2,1-2H3,(H2,23,26). The van der Waals surface area contributed by atoms with Gasteiger partial charge in [0.15, 0.2) is 0 Å². The van der Waals surface area contributed by atoms with Gasteiger partial charge in [-0.3, -0.25) is 9.59 Å². The van der Waals surface area contributed by atoms with Gasteiger partial charge in [-0.05, 0) is 49.2 Å². The fraction of sp³-hybridized carbons (Fsp3) is 0.364. The number of morpholine rings is 1. The van der Waals surface area contributed by atoms with Gasteiger partial charge >= 0.3 is 0 Å². The van der Waals surface area contributed by atoms with E-state index in [1.54, 1.807) is 12.1 Å². The number of carbonyl (C=O) groups is 2. The molecule has 2 unspecified atom stereocenters. The first-order valence-corrected chi connectivity index (χ1v) is 9.55. The van der Waals surface area contributed by atoms with Gasteiger partial charge in [-0.2, -0.15) is 0 Å². The van der Waals surface area contributed by atoms with Crippen molar-refractivity contribution in [3.8, 4) is 0 Å². The number of hydrogen-bond donors (Lipinski definition) is 2. The Morgan fingerprint density at radius 1 is 1.00 bits per heavy atom. The van der Waals surface area contributed by atoms with E-state index in [0.29, 0.717) is 37.3 Å². The number of nitrogens with one attached hydrogen (secondary N) is 1. The highest BCUT2D eigenvalue weighted by atomic mass is 16.5. The first kappa shape index (κ1) is 20.0. The van der Waals surface area contributed by atoms with E-state index in [0.717, 1.165) is 11.1 Å². The summed E-state index contributed by atoms with van der Waals surface area (Å²) < 4.78 is 5.69. The van der Waals surface area contributed by atoms with Crippen molar-refractivity contribution in [2.45, 2.75) is 39.1 Å². The van der Waals surface area contributed by atoms with Crippen LogP contribution in [0.5, 0.6) is 0 Å². The molecule has 0 radical (unpaired) electrons. The van der Waals surface area contributed by atoms with E-state index < -0.39 is 5.91 Å². The van der Waals surface area contributed by atoms with Gasteiger partial charge in [0, 0.05) is 37.3 Å². The molecular formula is C22H27N3O3. The third-order valence-corrected chi connectivity index (χ3v) is 4.78. The predicted molar refractivity (Wildman–Crippen MR) is 108 cm³/mol. The van der Waals surface area contributed by atoms with Crippen molar-refractivity contribution in [1.82, 2.24) is 10.2 Å². The predicted octanol–water partition coefficient (Wildman–Crippen LogP) is 2.32. The van der Waals surface area contributed by atoms with Crippen LogP contribution in [-0.2, 0) is 17.8 Å². The van der Waals surface area contributed by atoms with Crippen LogP contribution in [0.3, 0.4) is 0 Å². The van der Waals surface area contributed by atoms with E-state index in [-0.39, 0.29) is 18.1 Å². The molecule has 0 bridgehead atoms. The van der Waals surface area contributed by atoms with Crippen LogP contribution in [0, 0.1) is 0 Å². The smallest absolute Gasteiger partial charge is 0.254 e. The van der Waals surface area contributed by atoms with Gasteiger partial charge in [0.2, 0.25) is 5.91 Å². The fourth-order valence-electron chi connectivity index (χ4n) is 3.48. The van der Waals surface area contributed by atoms with E-state index >= 15 is 0 Å². The normalized spacial score (nSPS) is 19.4. The number of ether oxygens (including phenoxy) is 1. The lowest BCUT2D eigenvalue weighted by atomic mass is 10.1. The van der Waals surface area contributed by atoms with Crippen molar-refractivity contribution in [3.05, 3.63) is 70.8 Å². The number of nitrogens with zero attached hydrogens (tertiary/aromatic N) is 1. The molecule has 3 N–H and O–H groups in total. The molecule has 2 aromatic carbocycles. The number of rotatable bonds is 6. The van der Waals surface area contributed by atoms with Crippen molar-refractivity contribution in [2.24, 2.45) is 5.73 Å². The molecule has 148 valence electrons. The summed E-state index contributed by atoms with van der Waals surface area (Å²) in [5.74, 6) is -0.379. The highest BCUT2D eigenvalue weighted by Crippen LogP contribution is 2.15. The molecule has 0 aliphatic carbocycles. The summed E-state index contributed by atoms with van der Waals surface area (Å²) in [4.78, 5) is 25.8. The zero-order valence-corrected chi connectivity index (χ0v) is 16.4. The van der Waals surface area contributed by atoms with Gasteiger partial charge in [-0.25, -0.2) is 0 Å². The first-order valence-electron chi connectivity index (χ1n) is 9.55. The zero-order valence-electron chi connectivity index (χ0n) is 16.4. The second kappa shape index (κ2) is 8.99. The van der Waals surface area contributed by atoms with Gasteiger partial charge in [-0.1, -0.05) is 24.3 Å². The molecule has 0 saturated carbocycles. The summed E-state index contributed by atoms with van der Waals surface area (Å²) in [7, 11) is 0. The second-order valence-electron chi connectivity index (χ2n) is 7.33. The van der Waals surface area contributed by atoms with Crippen LogP contribution in [0.4, 0.5) is 0 Å². The van der Waals surface area contributed by atoms with E-state index in [1.165, 1.54) is 0 Å². The lowest BCUT2D eigenvalue weighted by molar-refractivity contribution is -0.0586. The Hall–Kier alpha value is -2.70. The SMILES string of the molecule is CC1CN(C(=O)c2ccc(CNCc3cccc(C(N)=O)c3)cc2)CC(C)O1. The number of hydrogen-bond acceptors (Lipinski definition) is 4. The number of carbonyl (C=O) groups excluding carboxylic acids is 2. The number of benzene rings is 2. The lowest BCUT2D eigenvalue weighted by Crippen LogP contribution is -2.48. The largest absolute Gasteiger partial charge is 0.372 e. The summed E-state index contributed by atoms with van der Waals surface area (Å²) in [6.07, 6.45) is 0.119. The molecule has 3 rings (SSSR count). The fourth-order valence-corrected chi connectivity index (χ4v) is 3.48. The highest BCUT2D eigenvalue weighted by molar-refractivity contribution is 5.94. The Morgan fingerprint density at radius 3 is 2.29 bits per heavy atom. The molecule has 1 heterocycles. The summed E-state index contributed by atoms with van der Waals surface area (Å²) in [6.45, 7) is 6.52. The number of amides is 2. The summed E-state index contributed by atoms with van der Waals surface area (Å²) in [6, 6.07) is 15.0. The molecule has 28 heavy (non-hydrogen) atoms. The van der Waals surface area contributed by atoms with Gasteiger partial charge in [0.05, 0.1) is 12.2 Å². The molecular weight excluding hydrogens is 354 g/mol. The van der Waals surface area contributed by atoms with Crippen molar-refractivity contribution in [1.29, 1.82) is 0 Å². The quantitative estimate of drug-likeness (QED) is 0.804. The highest BCUT2D eigenvalue weighted by Gasteiger charge is 2.26. The Morgan fingerprint density at radius 2 is 1.64 bits per heavy atom. The van der Waals surface area contributed by atoms with E-state index in [1.807, 2.05) is 55.1 Å². The number of nitrogens with two attached hydrogens (primary N) is 1. The molecule has 1 aliphatic rings. The monoisotopic (exact) mass is 381 g/mol. The summed E-state index contributed by atoms with van der Waals surface area (Å²) >= 11 is 0. The molecule has 2 atom stereocenters. The van der Waals surface area contributed by atoms with Crippen molar-refractivity contribution in [3.63, 3.8) is 0 Å². The average molecular weight is 381 g/mol. The van der Waals surface area contributed by atoms with Gasteiger partial charge in [0.25, 0.3) is 5.91 Å². The topological polar surface area (TPSA) is 84.7 Å². The van der Waals surface area contributed by atoms with Crippen molar-refractivity contribution in [2.75, 3.05) is 13.1 Å². The van der Waals surface area contributed by atoms with E-state index in [2.05, 4.69) is 5.32 Å². The molecule has 1 fully saturated rings. The van der Waals surface area contributed by atoms with Gasteiger partial charge in [-0.15, -0.1) is 0 Å². The van der Waals surface area contributed by atoms with E-state index in [9.17, 15) is 9.59 Å². The minimum atomic E-state index is -0.425. The third kappa shape index (κ3) is 5.18. The molecule has 6 nitrogen and oxygen atoms in total. The van der Waals surface area contributed by atoms with Crippen LogP contribution in [0.25, 0.3) is 0 Å². The lowest BCUT2D eigenvalue weighted by Gasteiger charge is -2.35. The maximum absolute atomic E-state index is 12.7. The van der Waals surface area contributed by atoms with Crippen LogP contribution in [0.1, 0.15) is 45.7 Å². The minimum Gasteiger partial charge on any atom is -0.372 e. The molecule has 2 amide bonds. The van der Waals surface area contributed by atoms with Crippen LogP contribution in [0.2, 0.25) is 0 Å². The second-order valence-corrected chi connectivity index (χ2v) is 7.33. The van der Waals surface area contributed by atoms with Crippen LogP contribution >= 0.6 is 0 Å². The van der Waals surface area contributed by atoms with Gasteiger partial charge in [0.1, 0.15) is 0 Å². The Bertz CT molecular complexity index is 825. The Kier molecular flexibility index (Phi) is 6.44. The third-order valence-electron chi connectivity index (χ3n) is 4.78. The molecule has 1 aliphatic heterocycles. The van der Waals surface area contributed by atoms with Crippen molar-refractivity contribution < 1.29 is 14.3 Å².